The summed E-state index contributed by atoms with van der Waals surface area (Å²) >= 11 is 0. The van der Waals surface area contributed by atoms with Crippen LogP contribution in [-0.2, 0) is 19.9 Å². The lowest BCUT2D eigenvalue weighted by Crippen LogP contribution is -2.39. The first-order valence-electron chi connectivity index (χ1n) is 5.67. The maximum Gasteiger partial charge on any atom is 0.213 e. The second kappa shape index (κ2) is 6.33. The van der Waals surface area contributed by atoms with E-state index in [2.05, 4.69) is 4.72 Å². The van der Waals surface area contributed by atoms with Crippen LogP contribution in [0.1, 0.15) is 11.6 Å². The maximum atomic E-state index is 11.8. The summed E-state index contributed by atoms with van der Waals surface area (Å²) in [6.45, 7) is 0. The molecule has 20 heavy (non-hydrogen) atoms. The molecular weight excluding hydrogens is 302 g/mol. The first-order valence-corrected chi connectivity index (χ1v) is 9.38. The van der Waals surface area contributed by atoms with E-state index in [9.17, 15) is 16.8 Å². The number of sulfonamides is 1. The molecule has 0 aliphatic rings. The second-order valence-electron chi connectivity index (χ2n) is 4.37. The Morgan fingerprint density at radius 1 is 1.20 bits per heavy atom. The van der Waals surface area contributed by atoms with Crippen molar-refractivity contribution in [2.24, 2.45) is 5.73 Å². The quantitative estimate of drug-likeness (QED) is 0.466. The van der Waals surface area contributed by atoms with Crippen LogP contribution in [0.3, 0.4) is 0 Å². The van der Waals surface area contributed by atoms with Gasteiger partial charge in [0.2, 0.25) is 10.0 Å². The van der Waals surface area contributed by atoms with E-state index in [4.69, 9.17) is 11.1 Å². The van der Waals surface area contributed by atoms with Crippen LogP contribution in [-0.4, -0.2) is 40.4 Å². The standard InChI is InChI=1S/C11H17N3O4S2/c1-19(15,16)7-8-20(17,18)14-10(11(12)13)9-5-3-2-4-6-9/h2-6,10,14H,7-8H2,1H3,(H3,12,13). The van der Waals surface area contributed by atoms with E-state index in [-0.39, 0.29) is 5.84 Å². The van der Waals surface area contributed by atoms with Gasteiger partial charge in [-0.05, 0) is 5.56 Å². The van der Waals surface area contributed by atoms with Crippen molar-refractivity contribution in [2.45, 2.75) is 6.04 Å². The fourth-order valence-corrected chi connectivity index (χ4v) is 4.28. The van der Waals surface area contributed by atoms with E-state index in [1.807, 2.05) is 0 Å². The van der Waals surface area contributed by atoms with Gasteiger partial charge >= 0.3 is 0 Å². The number of rotatable bonds is 7. The zero-order valence-corrected chi connectivity index (χ0v) is 12.5. The van der Waals surface area contributed by atoms with E-state index in [0.29, 0.717) is 5.56 Å². The van der Waals surface area contributed by atoms with Crippen molar-refractivity contribution in [3.8, 4) is 0 Å². The Balaban J connectivity index is 2.89. The van der Waals surface area contributed by atoms with Crippen LogP contribution in [0.15, 0.2) is 30.3 Å². The van der Waals surface area contributed by atoms with Crippen LogP contribution in [0.2, 0.25) is 0 Å². The maximum absolute atomic E-state index is 11.8. The van der Waals surface area contributed by atoms with Crippen LogP contribution >= 0.6 is 0 Å². The van der Waals surface area contributed by atoms with Crippen LogP contribution in [0.25, 0.3) is 0 Å². The van der Waals surface area contributed by atoms with Crippen molar-refractivity contribution in [3.05, 3.63) is 35.9 Å². The highest BCUT2D eigenvalue weighted by molar-refractivity contribution is 7.93. The minimum Gasteiger partial charge on any atom is -0.386 e. The predicted molar refractivity (Wildman–Crippen MR) is 77.7 cm³/mol. The van der Waals surface area contributed by atoms with E-state index in [0.717, 1.165) is 6.26 Å². The number of hydrogen-bond acceptors (Lipinski definition) is 5. The summed E-state index contributed by atoms with van der Waals surface area (Å²) < 4.78 is 47.9. The highest BCUT2D eigenvalue weighted by atomic mass is 32.2. The summed E-state index contributed by atoms with van der Waals surface area (Å²) in [4.78, 5) is 0. The van der Waals surface area contributed by atoms with Crippen molar-refractivity contribution in [1.29, 1.82) is 5.41 Å². The molecule has 1 rings (SSSR count). The molecule has 0 saturated heterocycles. The molecule has 0 aromatic heterocycles. The van der Waals surface area contributed by atoms with E-state index >= 15 is 0 Å². The topological polar surface area (TPSA) is 130 Å². The fourth-order valence-electron chi connectivity index (χ4n) is 1.46. The average molecular weight is 319 g/mol. The second-order valence-corrected chi connectivity index (χ2v) is 8.50. The summed E-state index contributed by atoms with van der Waals surface area (Å²) in [6, 6.07) is 7.39. The fraction of sp³-hybridized carbons (Fsp3) is 0.364. The van der Waals surface area contributed by atoms with Crippen LogP contribution < -0.4 is 10.5 Å². The van der Waals surface area contributed by atoms with Crippen molar-refractivity contribution < 1.29 is 16.8 Å². The van der Waals surface area contributed by atoms with Crippen molar-refractivity contribution in [1.82, 2.24) is 4.72 Å². The van der Waals surface area contributed by atoms with Gasteiger partial charge in [-0.3, -0.25) is 5.41 Å². The van der Waals surface area contributed by atoms with Crippen molar-refractivity contribution >= 4 is 25.7 Å². The molecule has 4 N–H and O–H groups in total. The summed E-state index contributed by atoms with van der Waals surface area (Å²) in [5.74, 6) is -1.41. The van der Waals surface area contributed by atoms with Gasteiger partial charge in [0.05, 0.1) is 11.5 Å². The minimum absolute atomic E-state index is 0.362. The van der Waals surface area contributed by atoms with Crippen LogP contribution in [0.5, 0.6) is 0 Å². The molecule has 0 heterocycles. The summed E-state index contributed by atoms with van der Waals surface area (Å²) in [7, 11) is -7.24. The van der Waals surface area contributed by atoms with Gasteiger partial charge in [-0.15, -0.1) is 0 Å². The molecule has 0 saturated carbocycles. The molecule has 1 aromatic carbocycles. The molecule has 0 fully saturated rings. The Bertz CT molecular complexity index is 669. The summed E-state index contributed by atoms with van der Waals surface area (Å²) in [5.41, 5.74) is 5.91. The van der Waals surface area contributed by atoms with E-state index in [1.54, 1.807) is 30.3 Å². The Hall–Kier alpha value is -1.45. The number of nitrogens with one attached hydrogen (secondary N) is 2. The molecule has 1 aromatic rings. The zero-order valence-electron chi connectivity index (χ0n) is 10.9. The van der Waals surface area contributed by atoms with Gasteiger partial charge in [-0.1, -0.05) is 30.3 Å². The Labute approximate surface area is 118 Å². The lowest BCUT2D eigenvalue weighted by molar-refractivity contribution is 0.574. The molecule has 0 aliphatic heterocycles. The Morgan fingerprint density at radius 3 is 2.20 bits per heavy atom. The number of amidine groups is 1. The van der Waals surface area contributed by atoms with Gasteiger partial charge in [-0.25, -0.2) is 21.6 Å². The first-order chi connectivity index (χ1) is 9.11. The monoisotopic (exact) mass is 319 g/mol. The van der Waals surface area contributed by atoms with Crippen molar-refractivity contribution in [2.75, 3.05) is 17.8 Å². The first kappa shape index (κ1) is 16.6. The Kier molecular flexibility index (Phi) is 5.26. The van der Waals surface area contributed by atoms with Gasteiger partial charge in [0, 0.05) is 6.26 Å². The number of sulfone groups is 1. The molecule has 0 aliphatic carbocycles. The minimum atomic E-state index is -3.86. The smallest absolute Gasteiger partial charge is 0.213 e. The SMILES string of the molecule is CS(=O)(=O)CCS(=O)(=O)NC(C(=N)N)c1ccccc1. The highest BCUT2D eigenvalue weighted by Crippen LogP contribution is 2.13. The lowest BCUT2D eigenvalue weighted by Gasteiger charge is -2.17. The van der Waals surface area contributed by atoms with Crippen molar-refractivity contribution in [3.63, 3.8) is 0 Å². The largest absolute Gasteiger partial charge is 0.386 e. The lowest BCUT2D eigenvalue weighted by atomic mass is 10.1. The predicted octanol–water partition coefficient (Wildman–Crippen LogP) is -0.372. The number of nitrogens with two attached hydrogens (primary N) is 1. The third kappa shape index (κ3) is 5.68. The van der Waals surface area contributed by atoms with Crippen LogP contribution in [0.4, 0.5) is 0 Å². The molecule has 0 radical (unpaired) electrons. The van der Waals surface area contributed by atoms with Gasteiger partial charge in [-0.2, -0.15) is 0 Å². The molecule has 0 amide bonds. The van der Waals surface area contributed by atoms with E-state index < -0.39 is 37.4 Å². The molecule has 0 spiro atoms. The average Bonchev–Trinajstić information content (AvgIpc) is 2.34. The molecule has 0 bridgehead atoms. The molecule has 1 atom stereocenters. The molecule has 7 nitrogen and oxygen atoms in total. The van der Waals surface area contributed by atoms with Gasteiger partial charge < -0.3 is 5.73 Å². The normalized spacial score (nSPS) is 13.8. The highest BCUT2D eigenvalue weighted by Gasteiger charge is 2.22. The number of hydrogen-bond donors (Lipinski definition) is 3. The van der Waals surface area contributed by atoms with Gasteiger partial charge in [0.1, 0.15) is 21.7 Å². The summed E-state index contributed by atoms with van der Waals surface area (Å²) in [5, 5.41) is 7.46. The van der Waals surface area contributed by atoms with Gasteiger partial charge in [0.15, 0.2) is 0 Å². The third-order valence-corrected chi connectivity index (χ3v) is 5.00. The molecule has 112 valence electrons. The third-order valence-electron chi connectivity index (χ3n) is 2.46. The van der Waals surface area contributed by atoms with Crippen LogP contribution in [0, 0.1) is 5.41 Å². The zero-order chi connectivity index (χ0) is 15.4. The molecule has 9 heteroatoms. The Morgan fingerprint density at radius 2 is 1.75 bits per heavy atom. The molecular formula is C11H17N3O4S2. The van der Waals surface area contributed by atoms with Gasteiger partial charge in [0.25, 0.3) is 0 Å². The summed E-state index contributed by atoms with van der Waals surface area (Å²) in [6.07, 6.45) is 0.960. The number of benzene rings is 1. The molecule has 1 unspecified atom stereocenters. The van der Waals surface area contributed by atoms with E-state index in [1.165, 1.54) is 0 Å².